The van der Waals surface area contributed by atoms with Gasteiger partial charge in [-0.2, -0.15) is 0 Å². The van der Waals surface area contributed by atoms with Crippen LogP contribution in [0, 0.1) is 0 Å². The van der Waals surface area contributed by atoms with Crippen LogP contribution in [0.25, 0.3) is 6.08 Å². The molecule has 0 atom stereocenters. The highest BCUT2D eigenvalue weighted by atomic mass is 35.5. The molecule has 0 spiro atoms. The molecule has 0 bridgehead atoms. The first-order valence-corrected chi connectivity index (χ1v) is 11.1. The molecule has 3 aromatic rings. The van der Waals surface area contributed by atoms with Gasteiger partial charge in [0.15, 0.2) is 0 Å². The predicted molar refractivity (Wildman–Crippen MR) is 132 cm³/mol. The summed E-state index contributed by atoms with van der Waals surface area (Å²) in [6, 6.07) is 20.6. The SMILES string of the molecule is COc1ccccc1NC(=O)CN1C(=O)N/C(=C/c2ccc(OCc3ccccc3Cl)cc2)C1=O. The molecule has 1 aliphatic rings. The molecule has 8 nitrogen and oxygen atoms in total. The van der Waals surface area contributed by atoms with Gasteiger partial charge in [-0.3, -0.25) is 9.59 Å². The van der Waals surface area contributed by atoms with Crippen LogP contribution < -0.4 is 20.1 Å². The molecule has 0 saturated carbocycles. The van der Waals surface area contributed by atoms with Crippen molar-refractivity contribution in [3.05, 3.63) is 94.6 Å². The second-order valence-corrected chi connectivity index (χ2v) is 7.98. The summed E-state index contributed by atoms with van der Waals surface area (Å²) < 4.78 is 11.0. The van der Waals surface area contributed by atoms with E-state index < -0.39 is 24.4 Å². The molecule has 4 amide bonds. The zero-order valence-corrected chi connectivity index (χ0v) is 19.5. The third-order valence-electron chi connectivity index (χ3n) is 5.19. The van der Waals surface area contributed by atoms with E-state index >= 15 is 0 Å². The Labute approximate surface area is 207 Å². The average Bonchev–Trinajstić information content (AvgIpc) is 3.12. The van der Waals surface area contributed by atoms with Crippen LogP contribution >= 0.6 is 11.6 Å². The zero-order valence-electron chi connectivity index (χ0n) is 18.8. The van der Waals surface area contributed by atoms with E-state index in [9.17, 15) is 14.4 Å². The van der Waals surface area contributed by atoms with Crippen molar-refractivity contribution in [3.8, 4) is 11.5 Å². The first-order chi connectivity index (χ1) is 16.9. The summed E-state index contributed by atoms with van der Waals surface area (Å²) in [6.45, 7) is -0.116. The number of hydrogen-bond donors (Lipinski definition) is 2. The Hall–Kier alpha value is -4.30. The lowest BCUT2D eigenvalue weighted by Gasteiger charge is -2.13. The number of nitrogens with one attached hydrogen (secondary N) is 2. The zero-order chi connectivity index (χ0) is 24.8. The maximum absolute atomic E-state index is 12.7. The fourth-order valence-electron chi connectivity index (χ4n) is 3.40. The van der Waals surface area contributed by atoms with Crippen molar-refractivity contribution in [2.45, 2.75) is 6.61 Å². The predicted octanol–water partition coefficient (Wildman–Crippen LogP) is 4.46. The number of methoxy groups -OCH3 is 1. The van der Waals surface area contributed by atoms with Gasteiger partial charge in [-0.15, -0.1) is 0 Å². The van der Waals surface area contributed by atoms with E-state index in [0.717, 1.165) is 10.5 Å². The maximum Gasteiger partial charge on any atom is 0.329 e. The van der Waals surface area contributed by atoms with Crippen LogP contribution in [-0.2, 0) is 16.2 Å². The summed E-state index contributed by atoms with van der Waals surface area (Å²) in [6.07, 6.45) is 1.54. The van der Waals surface area contributed by atoms with Crippen LogP contribution in [-0.4, -0.2) is 36.4 Å². The van der Waals surface area contributed by atoms with E-state index in [4.69, 9.17) is 21.1 Å². The third-order valence-corrected chi connectivity index (χ3v) is 5.56. The number of carbonyl (C=O) groups excluding carboxylic acids is 3. The second kappa shape index (κ2) is 10.8. The van der Waals surface area contributed by atoms with Crippen molar-refractivity contribution >= 4 is 41.2 Å². The molecule has 2 N–H and O–H groups in total. The number of halogens is 1. The highest BCUT2D eigenvalue weighted by molar-refractivity contribution is 6.31. The number of para-hydroxylation sites is 2. The number of imide groups is 1. The fourth-order valence-corrected chi connectivity index (χ4v) is 3.59. The minimum Gasteiger partial charge on any atom is -0.495 e. The summed E-state index contributed by atoms with van der Waals surface area (Å²) in [5, 5.41) is 5.79. The van der Waals surface area contributed by atoms with E-state index in [1.165, 1.54) is 13.2 Å². The Morgan fingerprint density at radius 1 is 1.03 bits per heavy atom. The topological polar surface area (TPSA) is 97.0 Å². The molecule has 9 heteroatoms. The summed E-state index contributed by atoms with van der Waals surface area (Å²) in [5.74, 6) is -0.0232. The lowest BCUT2D eigenvalue weighted by Crippen LogP contribution is -2.38. The number of carbonyl (C=O) groups is 3. The van der Waals surface area contributed by atoms with Crippen LogP contribution in [0.1, 0.15) is 11.1 Å². The summed E-state index contributed by atoms with van der Waals surface area (Å²) in [4.78, 5) is 38.3. The first-order valence-electron chi connectivity index (χ1n) is 10.7. The number of ether oxygens (including phenoxy) is 2. The van der Waals surface area contributed by atoms with Crippen molar-refractivity contribution in [1.82, 2.24) is 10.2 Å². The Morgan fingerprint density at radius 3 is 2.49 bits per heavy atom. The number of nitrogens with zero attached hydrogens (tertiary/aromatic N) is 1. The van der Waals surface area contributed by atoms with Crippen LogP contribution in [0.3, 0.4) is 0 Å². The molecule has 0 unspecified atom stereocenters. The molecule has 1 aliphatic heterocycles. The molecule has 1 fully saturated rings. The van der Waals surface area contributed by atoms with Crippen molar-refractivity contribution in [1.29, 1.82) is 0 Å². The minimum absolute atomic E-state index is 0.0739. The molecular formula is C26H22ClN3O5. The number of anilines is 1. The summed E-state index contributed by atoms with van der Waals surface area (Å²) in [7, 11) is 1.48. The molecule has 1 saturated heterocycles. The highest BCUT2D eigenvalue weighted by Crippen LogP contribution is 2.24. The van der Waals surface area contributed by atoms with Crippen LogP contribution in [0.15, 0.2) is 78.5 Å². The third kappa shape index (κ3) is 5.80. The van der Waals surface area contributed by atoms with Gasteiger partial charge in [-0.05, 0) is 42.0 Å². The van der Waals surface area contributed by atoms with E-state index in [1.807, 2.05) is 18.2 Å². The monoisotopic (exact) mass is 491 g/mol. The molecule has 1 heterocycles. The Kier molecular flexibility index (Phi) is 7.32. The van der Waals surface area contributed by atoms with Gasteiger partial charge in [-0.25, -0.2) is 9.69 Å². The Morgan fingerprint density at radius 2 is 1.74 bits per heavy atom. The van der Waals surface area contributed by atoms with E-state index in [-0.39, 0.29) is 5.70 Å². The Bertz CT molecular complexity index is 1290. The molecule has 0 aliphatic carbocycles. The lowest BCUT2D eigenvalue weighted by molar-refractivity contribution is -0.127. The number of hydrogen-bond acceptors (Lipinski definition) is 5. The number of rotatable bonds is 8. The van der Waals surface area contributed by atoms with Gasteiger partial charge in [0, 0.05) is 10.6 Å². The first kappa shape index (κ1) is 23.8. The van der Waals surface area contributed by atoms with Crippen molar-refractivity contribution in [2.75, 3.05) is 19.0 Å². The molecule has 4 rings (SSSR count). The van der Waals surface area contributed by atoms with E-state index in [0.29, 0.717) is 34.4 Å². The highest BCUT2D eigenvalue weighted by Gasteiger charge is 2.35. The molecule has 178 valence electrons. The Balaban J connectivity index is 1.37. The maximum atomic E-state index is 12.7. The van der Waals surface area contributed by atoms with Crippen LogP contribution in [0.2, 0.25) is 5.02 Å². The standard InChI is InChI=1S/C26H22ClN3O5/c1-34-23-9-5-4-8-21(23)28-24(31)15-30-25(32)22(29-26(30)33)14-17-10-12-19(13-11-17)35-16-18-6-2-3-7-20(18)27/h2-14H,15-16H2,1H3,(H,28,31)(H,29,33)/b22-14+. The van der Waals surface area contributed by atoms with Crippen molar-refractivity contribution in [3.63, 3.8) is 0 Å². The van der Waals surface area contributed by atoms with Gasteiger partial charge in [0.1, 0.15) is 30.3 Å². The van der Waals surface area contributed by atoms with Gasteiger partial charge in [0.25, 0.3) is 5.91 Å². The molecule has 35 heavy (non-hydrogen) atoms. The molecule has 3 aromatic carbocycles. The van der Waals surface area contributed by atoms with Crippen LogP contribution in [0.4, 0.5) is 10.5 Å². The normalized spacial score (nSPS) is 14.1. The second-order valence-electron chi connectivity index (χ2n) is 7.58. The smallest absolute Gasteiger partial charge is 0.329 e. The van der Waals surface area contributed by atoms with E-state index in [1.54, 1.807) is 54.6 Å². The molecular weight excluding hydrogens is 470 g/mol. The summed E-state index contributed by atoms with van der Waals surface area (Å²) >= 11 is 6.14. The van der Waals surface area contributed by atoms with Gasteiger partial charge in [0.05, 0.1) is 12.8 Å². The minimum atomic E-state index is -0.670. The van der Waals surface area contributed by atoms with Crippen molar-refractivity contribution < 1.29 is 23.9 Å². The van der Waals surface area contributed by atoms with Gasteiger partial charge < -0.3 is 20.1 Å². The van der Waals surface area contributed by atoms with Gasteiger partial charge in [0.2, 0.25) is 5.91 Å². The number of urea groups is 1. The van der Waals surface area contributed by atoms with E-state index in [2.05, 4.69) is 10.6 Å². The largest absolute Gasteiger partial charge is 0.495 e. The quantitative estimate of drug-likeness (QED) is 0.358. The van der Waals surface area contributed by atoms with Crippen molar-refractivity contribution in [2.24, 2.45) is 0 Å². The molecule has 0 aromatic heterocycles. The van der Waals surface area contributed by atoms with Crippen LogP contribution in [0.5, 0.6) is 11.5 Å². The average molecular weight is 492 g/mol. The summed E-state index contributed by atoms with van der Waals surface area (Å²) in [5.41, 5.74) is 2.07. The van der Waals surface area contributed by atoms with Gasteiger partial charge >= 0.3 is 6.03 Å². The number of amides is 4. The fraction of sp³-hybridized carbons (Fsp3) is 0.115. The molecule has 0 radical (unpaired) electrons. The van der Waals surface area contributed by atoms with Gasteiger partial charge in [-0.1, -0.05) is 54.1 Å². The number of benzene rings is 3. The lowest BCUT2D eigenvalue weighted by atomic mass is 10.2.